The molecular weight excluding hydrogens is 459 g/mol. The predicted molar refractivity (Wildman–Crippen MR) is 118 cm³/mol. The van der Waals surface area contributed by atoms with Crippen LogP contribution in [0.5, 0.6) is 0 Å². The Morgan fingerprint density at radius 3 is 2.77 bits per heavy atom. The van der Waals surface area contributed by atoms with Gasteiger partial charge in [-0.2, -0.15) is 5.10 Å². The van der Waals surface area contributed by atoms with Gasteiger partial charge in [0.2, 0.25) is 0 Å². The highest BCUT2D eigenvalue weighted by Crippen LogP contribution is 2.21. The summed E-state index contributed by atoms with van der Waals surface area (Å²) in [4.78, 5) is 8.93. The molecule has 3 rings (SSSR count). The number of hydrogen-bond acceptors (Lipinski definition) is 4. The largest absolute Gasteiger partial charge is 0.356 e. The molecule has 0 radical (unpaired) electrons. The molecule has 6 nitrogen and oxygen atoms in total. The first-order chi connectivity index (χ1) is 12.3. The molecule has 2 aromatic heterocycles. The maximum Gasteiger partial charge on any atom is 0.191 e. The second kappa shape index (κ2) is 10.9. The van der Waals surface area contributed by atoms with Crippen molar-refractivity contribution in [3.63, 3.8) is 0 Å². The molecule has 0 unspecified atom stereocenters. The lowest BCUT2D eigenvalue weighted by Crippen LogP contribution is -2.37. The van der Waals surface area contributed by atoms with Crippen LogP contribution < -0.4 is 10.6 Å². The van der Waals surface area contributed by atoms with E-state index >= 15 is 0 Å². The predicted octanol–water partition coefficient (Wildman–Crippen LogP) is 3.38. The molecule has 2 N–H and O–H groups in total. The van der Waals surface area contributed by atoms with Crippen LogP contribution in [0.25, 0.3) is 11.3 Å². The van der Waals surface area contributed by atoms with Crippen molar-refractivity contribution < 1.29 is 0 Å². The smallest absolute Gasteiger partial charge is 0.191 e. The first-order valence-electron chi connectivity index (χ1n) is 8.27. The number of nitrogens with zero attached hydrogens (tertiary/aromatic N) is 4. The number of hydrogen-bond donors (Lipinski definition) is 2. The van der Waals surface area contributed by atoms with Crippen molar-refractivity contribution in [3.8, 4) is 11.3 Å². The number of aliphatic imine (C=N–C) groups is 1. The number of aromatic nitrogens is 3. The zero-order chi connectivity index (χ0) is 17.3. The summed E-state index contributed by atoms with van der Waals surface area (Å²) >= 11 is 1.66. The van der Waals surface area contributed by atoms with Gasteiger partial charge in [-0.25, -0.2) is 4.98 Å². The van der Waals surface area contributed by atoms with Gasteiger partial charge in [-0.1, -0.05) is 30.3 Å². The van der Waals surface area contributed by atoms with Crippen molar-refractivity contribution >= 4 is 41.3 Å². The zero-order valence-electron chi connectivity index (χ0n) is 14.6. The van der Waals surface area contributed by atoms with Crippen LogP contribution >= 0.6 is 35.3 Å². The van der Waals surface area contributed by atoms with Gasteiger partial charge in [-0.05, 0) is 12.5 Å². The van der Waals surface area contributed by atoms with Crippen molar-refractivity contribution in [2.24, 2.45) is 4.99 Å². The fraction of sp³-hybridized carbons (Fsp3) is 0.278. The summed E-state index contributed by atoms with van der Waals surface area (Å²) in [5, 5.41) is 13.9. The van der Waals surface area contributed by atoms with E-state index in [4.69, 9.17) is 0 Å². The highest BCUT2D eigenvalue weighted by Gasteiger charge is 2.05. The molecule has 2 heterocycles. The summed E-state index contributed by atoms with van der Waals surface area (Å²) in [5.74, 6) is 0.789. The van der Waals surface area contributed by atoms with Crippen molar-refractivity contribution in [2.75, 3.05) is 13.6 Å². The van der Waals surface area contributed by atoms with E-state index in [2.05, 4.69) is 43.2 Å². The normalized spacial score (nSPS) is 11.0. The quantitative estimate of drug-likeness (QED) is 0.235. The van der Waals surface area contributed by atoms with E-state index < -0.39 is 0 Å². The standard InChI is InChI=1S/C18H22N6S.HI/c1-19-18(20-9-5-11-24-12-6-10-22-24)21-13-17-23-16(14-25-17)15-7-3-2-4-8-15;/h2-4,6-8,10,12,14H,5,9,11,13H2,1H3,(H2,19,20,21);1H. The third-order valence-corrected chi connectivity index (χ3v) is 4.52. The molecule has 0 aliphatic rings. The van der Waals surface area contributed by atoms with Gasteiger partial charge < -0.3 is 10.6 Å². The van der Waals surface area contributed by atoms with Gasteiger partial charge in [0.15, 0.2) is 5.96 Å². The van der Waals surface area contributed by atoms with Gasteiger partial charge in [-0.15, -0.1) is 35.3 Å². The molecule has 0 saturated heterocycles. The number of guanidine groups is 1. The maximum absolute atomic E-state index is 4.68. The first-order valence-corrected chi connectivity index (χ1v) is 9.15. The van der Waals surface area contributed by atoms with Crippen LogP contribution in [0.3, 0.4) is 0 Å². The lowest BCUT2D eigenvalue weighted by atomic mass is 10.2. The van der Waals surface area contributed by atoms with E-state index in [0.29, 0.717) is 6.54 Å². The van der Waals surface area contributed by atoms with E-state index in [9.17, 15) is 0 Å². The van der Waals surface area contributed by atoms with Gasteiger partial charge in [0.05, 0.1) is 12.2 Å². The monoisotopic (exact) mass is 482 g/mol. The number of halogens is 1. The lowest BCUT2D eigenvalue weighted by molar-refractivity contribution is 0.570. The fourth-order valence-corrected chi connectivity index (χ4v) is 3.14. The Morgan fingerprint density at radius 2 is 2.04 bits per heavy atom. The molecule has 1 aromatic carbocycles. The van der Waals surface area contributed by atoms with Crippen LogP contribution in [-0.4, -0.2) is 34.3 Å². The molecule has 0 amide bonds. The van der Waals surface area contributed by atoms with Crippen LogP contribution in [0.1, 0.15) is 11.4 Å². The minimum Gasteiger partial charge on any atom is -0.356 e. The van der Waals surface area contributed by atoms with Crippen LogP contribution in [0.4, 0.5) is 0 Å². The number of nitrogens with one attached hydrogen (secondary N) is 2. The maximum atomic E-state index is 4.68. The lowest BCUT2D eigenvalue weighted by Gasteiger charge is -2.10. The van der Waals surface area contributed by atoms with Crippen LogP contribution in [0.2, 0.25) is 0 Å². The van der Waals surface area contributed by atoms with Crippen molar-refractivity contribution in [1.29, 1.82) is 0 Å². The summed E-state index contributed by atoms with van der Waals surface area (Å²) in [6.07, 6.45) is 4.75. The SMILES string of the molecule is CN=C(NCCCn1cccn1)NCc1nc(-c2ccccc2)cs1.I. The molecule has 0 spiro atoms. The molecule has 0 aliphatic carbocycles. The summed E-state index contributed by atoms with van der Waals surface area (Å²) in [5.41, 5.74) is 2.16. The molecule has 0 saturated carbocycles. The Kier molecular flexibility index (Phi) is 8.56. The minimum atomic E-state index is 0. The van der Waals surface area contributed by atoms with Crippen LogP contribution in [-0.2, 0) is 13.1 Å². The van der Waals surface area contributed by atoms with Gasteiger partial charge in [-0.3, -0.25) is 9.67 Å². The second-order valence-electron chi connectivity index (χ2n) is 5.47. The number of thiazole rings is 1. The highest BCUT2D eigenvalue weighted by molar-refractivity contribution is 14.0. The zero-order valence-corrected chi connectivity index (χ0v) is 17.8. The fourth-order valence-electron chi connectivity index (χ4n) is 2.39. The summed E-state index contributed by atoms with van der Waals surface area (Å²) in [6, 6.07) is 12.2. The van der Waals surface area contributed by atoms with Crippen LogP contribution in [0.15, 0.2) is 59.2 Å². The van der Waals surface area contributed by atoms with E-state index in [1.807, 2.05) is 35.1 Å². The Bertz CT molecular complexity index is 785. The number of aryl methyl sites for hydroxylation is 1. The topological polar surface area (TPSA) is 67.1 Å². The Hall–Kier alpha value is -1.94. The molecule has 3 aromatic rings. The van der Waals surface area contributed by atoms with Gasteiger partial charge >= 0.3 is 0 Å². The number of rotatable bonds is 7. The molecule has 26 heavy (non-hydrogen) atoms. The average molecular weight is 482 g/mol. The Morgan fingerprint density at radius 1 is 1.19 bits per heavy atom. The molecule has 0 atom stereocenters. The van der Waals surface area contributed by atoms with Gasteiger partial charge in [0, 0.05) is 43.5 Å². The van der Waals surface area contributed by atoms with Crippen LogP contribution in [0, 0.1) is 0 Å². The number of benzene rings is 1. The third kappa shape index (κ3) is 6.10. The molecule has 8 heteroatoms. The van der Waals surface area contributed by atoms with E-state index in [1.165, 1.54) is 0 Å². The summed E-state index contributed by atoms with van der Waals surface area (Å²) in [6.45, 7) is 2.40. The van der Waals surface area contributed by atoms with Gasteiger partial charge in [0.1, 0.15) is 5.01 Å². The van der Waals surface area contributed by atoms with Crippen molar-refractivity contribution in [2.45, 2.75) is 19.5 Å². The second-order valence-corrected chi connectivity index (χ2v) is 6.41. The first kappa shape index (κ1) is 20.4. The minimum absolute atomic E-state index is 0. The molecule has 0 fully saturated rings. The van der Waals surface area contributed by atoms with Gasteiger partial charge in [0.25, 0.3) is 0 Å². The van der Waals surface area contributed by atoms with E-state index in [-0.39, 0.29) is 24.0 Å². The summed E-state index contributed by atoms with van der Waals surface area (Å²) < 4.78 is 1.93. The Balaban J connectivity index is 0.00000243. The van der Waals surface area contributed by atoms with Crippen molar-refractivity contribution in [3.05, 3.63) is 59.2 Å². The van der Waals surface area contributed by atoms with E-state index in [0.717, 1.165) is 41.7 Å². The molecular formula is C18H23IN6S. The third-order valence-electron chi connectivity index (χ3n) is 3.67. The Labute approximate surface area is 174 Å². The summed E-state index contributed by atoms with van der Waals surface area (Å²) in [7, 11) is 1.78. The molecule has 0 bridgehead atoms. The molecule has 0 aliphatic heterocycles. The average Bonchev–Trinajstić information content (AvgIpc) is 3.34. The van der Waals surface area contributed by atoms with Crippen molar-refractivity contribution in [1.82, 2.24) is 25.4 Å². The van der Waals surface area contributed by atoms with E-state index in [1.54, 1.807) is 24.6 Å². The molecule has 138 valence electrons. The highest BCUT2D eigenvalue weighted by atomic mass is 127.